The lowest BCUT2D eigenvalue weighted by atomic mass is 10.1. The van der Waals surface area contributed by atoms with Crippen LogP contribution in [0.1, 0.15) is 5.56 Å². The lowest BCUT2D eigenvalue weighted by Crippen LogP contribution is -2.12. The van der Waals surface area contributed by atoms with Crippen LogP contribution in [0.2, 0.25) is 0 Å². The molecule has 0 spiro atoms. The Morgan fingerprint density at radius 2 is 2.00 bits per heavy atom. The maximum Gasteiger partial charge on any atom is 0.418 e. The Morgan fingerprint density at radius 3 is 2.47 bits per heavy atom. The fourth-order valence-corrected chi connectivity index (χ4v) is 1.22. The number of nitro groups is 1. The molecular weight excluding hydrogens is 244 g/mol. The van der Waals surface area contributed by atoms with E-state index in [4.69, 9.17) is 0 Å². The molecular formula is C9H8F4N2O2. The molecule has 0 bridgehead atoms. The zero-order chi connectivity index (χ0) is 13.1. The summed E-state index contributed by atoms with van der Waals surface area (Å²) in [5.41, 5.74) is -2.22. The Balaban J connectivity index is 3.17. The van der Waals surface area contributed by atoms with Gasteiger partial charge in [0.25, 0.3) is 5.69 Å². The van der Waals surface area contributed by atoms with Crippen molar-refractivity contribution in [3.05, 3.63) is 33.9 Å². The minimum atomic E-state index is -4.73. The predicted octanol–water partition coefficient (Wildman–Crippen LogP) is 3.00. The number of non-ortho nitro benzene ring substituents is 1. The van der Waals surface area contributed by atoms with Gasteiger partial charge in [-0.2, -0.15) is 13.2 Å². The number of nitro benzene ring substituents is 1. The van der Waals surface area contributed by atoms with E-state index in [1.54, 1.807) is 0 Å². The summed E-state index contributed by atoms with van der Waals surface area (Å²) in [6.45, 7) is -1.13. The molecule has 1 rings (SSSR count). The fraction of sp³-hybridized carbons (Fsp3) is 0.333. The third-order valence-electron chi connectivity index (χ3n) is 1.93. The van der Waals surface area contributed by atoms with Crippen molar-refractivity contribution in [2.24, 2.45) is 0 Å². The van der Waals surface area contributed by atoms with Crippen LogP contribution >= 0.6 is 0 Å². The molecule has 0 saturated heterocycles. The van der Waals surface area contributed by atoms with Crippen molar-refractivity contribution in [3.8, 4) is 0 Å². The van der Waals surface area contributed by atoms with Crippen LogP contribution in [0.25, 0.3) is 0 Å². The van der Waals surface area contributed by atoms with Gasteiger partial charge in [-0.1, -0.05) is 0 Å². The molecule has 17 heavy (non-hydrogen) atoms. The first kappa shape index (κ1) is 13.2. The Hall–Kier alpha value is -1.86. The van der Waals surface area contributed by atoms with Crippen LogP contribution in [-0.2, 0) is 6.18 Å². The Kier molecular flexibility index (Phi) is 3.87. The molecule has 0 aliphatic carbocycles. The molecule has 1 aromatic rings. The molecule has 0 heterocycles. The van der Waals surface area contributed by atoms with E-state index >= 15 is 0 Å². The maximum absolute atomic E-state index is 12.6. The Labute approximate surface area is 93.4 Å². The average molecular weight is 252 g/mol. The first-order valence-electron chi connectivity index (χ1n) is 4.51. The first-order valence-corrected chi connectivity index (χ1v) is 4.51. The van der Waals surface area contributed by atoms with Gasteiger partial charge in [-0.25, -0.2) is 4.39 Å². The molecule has 4 nitrogen and oxygen atoms in total. The highest BCUT2D eigenvalue weighted by atomic mass is 19.4. The third kappa shape index (κ3) is 3.30. The van der Waals surface area contributed by atoms with Gasteiger partial charge in [-0.05, 0) is 6.07 Å². The fourth-order valence-electron chi connectivity index (χ4n) is 1.22. The minimum Gasteiger partial charge on any atom is -0.382 e. The maximum atomic E-state index is 12.6. The van der Waals surface area contributed by atoms with Gasteiger partial charge in [0, 0.05) is 24.4 Å². The summed E-state index contributed by atoms with van der Waals surface area (Å²) in [6, 6.07) is 2.26. The summed E-state index contributed by atoms with van der Waals surface area (Å²) >= 11 is 0. The molecule has 0 aliphatic rings. The summed E-state index contributed by atoms with van der Waals surface area (Å²) in [5, 5.41) is 12.6. The molecule has 1 aromatic carbocycles. The van der Waals surface area contributed by atoms with Gasteiger partial charge >= 0.3 is 6.18 Å². The van der Waals surface area contributed by atoms with Crippen LogP contribution in [0.4, 0.5) is 28.9 Å². The lowest BCUT2D eigenvalue weighted by molar-refractivity contribution is -0.385. The van der Waals surface area contributed by atoms with E-state index in [0.717, 1.165) is 12.1 Å². The standard InChI is InChI=1S/C9H8F4N2O2/c10-3-4-14-8-2-1-6(15(16)17)5-7(8)9(11,12)13/h1-2,5,14H,3-4H2. The quantitative estimate of drug-likeness (QED) is 0.509. The second-order valence-corrected chi connectivity index (χ2v) is 3.10. The molecule has 0 fully saturated rings. The van der Waals surface area contributed by atoms with E-state index in [0.29, 0.717) is 6.07 Å². The number of hydrogen-bond donors (Lipinski definition) is 1. The highest BCUT2D eigenvalue weighted by Crippen LogP contribution is 2.36. The number of alkyl halides is 4. The van der Waals surface area contributed by atoms with Crippen LogP contribution in [0.3, 0.4) is 0 Å². The molecule has 94 valence electrons. The van der Waals surface area contributed by atoms with Gasteiger partial charge in [-0.15, -0.1) is 0 Å². The zero-order valence-electron chi connectivity index (χ0n) is 8.42. The second-order valence-electron chi connectivity index (χ2n) is 3.10. The summed E-state index contributed by atoms with van der Waals surface area (Å²) in [5.74, 6) is 0. The van der Waals surface area contributed by atoms with Crippen molar-refractivity contribution in [2.45, 2.75) is 6.18 Å². The highest BCUT2D eigenvalue weighted by molar-refractivity contribution is 5.57. The van der Waals surface area contributed by atoms with Crippen LogP contribution in [-0.4, -0.2) is 18.1 Å². The van der Waals surface area contributed by atoms with E-state index in [1.807, 2.05) is 0 Å². The van der Waals surface area contributed by atoms with Crippen LogP contribution in [0, 0.1) is 10.1 Å². The third-order valence-corrected chi connectivity index (χ3v) is 1.93. The number of nitrogens with zero attached hydrogens (tertiary/aromatic N) is 1. The van der Waals surface area contributed by atoms with Gasteiger partial charge < -0.3 is 5.32 Å². The molecule has 0 aromatic heterocycles. The lowest BCUT2D eigenvalue weighted by Gasteiger charge is -2.13. The Bertz CT molecular complexity index is 420. The number of benzene rings is 1. The summed E-state index contributed by atoms with van der Waals surface area (Å²) in [7, 11) is 0. The minimum absolute atomic E-state index is 0.291. The molecule has 0 aliphatic heterocycles. The summed E-state index contributed by atoms with van der Waals surface area (Å²) in [6.07, 6.45) is -4.73. The molecule has 0 atom stereocenters. The number of nitrogens with one attached hydrogen (secondary N) is 1. The molecule has 0 amide bonds. The normalized spacial score (nSPS) is 11.3. The predicted molar refractivity (Wildman–Crippen MR) is 52.6 cm³/mol. The van der Waals surface area contributed by atoms with E-state index < -0.39 is 29.0 Å². The first-order chi connectivity index (χ1) is 7.86. The average Bonchev–Trinajstić information content (AvgIpc) is 2.24. The van der Waals surface area contributed by atoms with Crippen molar-refractivity contribution in [1.82, 2.24) is 0 Å². The van der Waals surface area contributed by atoms with Gasteiger partial charge in [0.05, 0.1) is 10.5 Å². The molecule has 0 radical (unpaired) electrons. The number of rotatable bonds is 4. The molecule has 1 N–H and O–H groups in total. The van der Waals surface area contributed by atoms with Gasteiger partial charge in [-0.3, -0.25) is 10.1 Å². The topological polar surface area (TPSA) is 55.2 Å². The van der Waals surface area contributed by atoms with Gasteiger partial charge in [0.1, 0.15) is 6.67 Å². The second kappa shape index (κ2) is 4.98. The molecule has 0 saturated carbocycles. The van der Waals surface area contributed by atoms with Crippen molar-refractivity contribution in [3.63, 3.8) is 0 Å². The van der Waals surface area contributed by atoms with Crippen molar-refractivity contribution in [2.75, 3.05) is 18.5 Å². The summed E-state index contributed by atoms with van der Waals surface area (Å²) in [4.78, 5) is 9.44. The monoisotopic (exact) mass is 252 g/mol. The van der Waals surface area contributed by atoms with E-state index in [9.17, 15) is 27.7 Å². The van der Waals surface area contributed by atoms with Crippen molar-refractivity contribution < 1.29 is 22.5 Å². The largest absolute Gasteiger partial charge is 0.418 e. The van der Waals surface area contributed by atoms with Crippen molar-refractivity contribution in [1.29, 1.82) is 0 Å². The van der Waals surface area contributed by atoms with Crippen LogP contribution in [0.5, 0.6) is 0 Å². The van der Waals surface area contributed by atoms with Crippen LogP contribution in [0.15, 0.2) is 18.2 Å². The van der Waals surface area contributed by atoms with Gasteiger partial charge in [0.15, 0.2) is 0 Å². The summed E-state index contributed by atoms with van der Waals surface area (Å²) < 4.78 is 49.6. The molecule has 8 heteroatoms. The SMILES string of the molecule is O=[N+]([O-])c1ccc(NCCF)c(C(F)(F)F)c1. The van der Waals surface area contributed by atoms with Gasteiger partial charge in [0.2, 0.25) is 0 Å². The van der Waals surface area contributed by atoms with Crippen LogP contribution < -0.4 is 5.32 Å². The van der Waals surface area contributed by atoms with E-state index in [-0.39, 0.29) is 12.2 Å². The van der Waals surface area contributed by atoms with E-state index in [2.05, 4.69) is 5.32 Å². The van der Waals surface area contributed by atoms with Crippen molar-refractivity contribution >= 4 is 11.4 Å². The zero-order valence-corrected chi connectivity index (χ0v) is 8.42. The number of hydrogen-bond acceptors (Lipinski definition) is 3. The highest BCUT2D eigenvalue weighted by Gasteiger charge is 2.35. The van der Waals surface area contributed by atoms with E-state index in [1.165, 1.54) is 0 Å². The smallest absolute Gasteiger partial charge is 0.382 e. The molecule has 0 unspecified atom stereocenters. The number of anilines is 1. The number of halogens is 4. The Morgan fingerprint density at radius 1 is 1.35 bits per heavy atom.